The maximum absolute atomic E-state index is 11.6. The molecule has 0 aliphatic heterocycles. The largest absolute Gasteiger partial charge is 0.478 e. The number of ether oxygens (including phenoxy) is 2. The van der Waals surface area contributed by atoms with Crippen molar-refractivity contribution in [3.05, 3.63) is 34.6 Å². The van der Waals surface area contributed by atoms with Gasteiger partial charge in [-0.3, -0.25) is 0 Å². The number of rotatable bonds is 11. The van der Waals surface area contributed by atoms with Gasteiger partial charge in [-0.25, -0.2) is 14.4 Å². The Morgan fingerprint density at radius 1 is 1.04 bits per heavy atom. The molecule has 0 saturated heterocycles. The van der Waals surface area contributed by atoms with Crippen molar-refractivity contribution in [2.75, 3.05) is 12.5 Å². The molecule has 8 nitrogen and oxygen atoms in total. The molecule has 0 aromatic heterocycles. The third-order valence-electron chi connectivity index (χ3n) is 3.27. The van der Waals surface area contributed by atoms with Crippen LogP contribution in [0, 0.1) is 5.92 Å². The van der Waals surface area contributed by atoms with Crippen molar-refractivity contribution >= 4 is 29.5 Å². The van der Waals surface area contributed by atoms with Crippen LogP contribution >= 0.6 is 11.6 Å². The normalized spacial score (nSPS) is 15.7. The molecular weight excluding hydrogens is 368 g/mol. The van der Waals surface area contributed by atoms with E-state index in [1.165, 1.54) is 33.8 Å². The third kappa shape index (κ3) is 8.17. The zero-order valence-corrected chi connectivity index (χ0v) is 15.7. The van der Waals surface area contributed by atoms with Gasteiger partial charge in [0.05, 0.1) is 12.2 Å². The van der Waals surface area contributed by atoms with E-state index in [-0.39, 0.29) is 35.0 Å². The summed E-state index contributed by atoms with van der Waals surface area (Å²) in [6.07, 6.45) is 1.45. The highest BCUT2D eigenvalue weighted by Crippen LogP contribution is 2.21. The van der Waals surface area contributed by atoms with E-state index in [1.807, 2.05) is 0 Å². The average molecular weight is 391 g/mol. The summed E-state index contributed by atoms with van der Waals surface area (Å²) in [7, 11) is 0. The van der Waals surface area contributed by atoms with E-state index in [0.29, 0.717) is 0 Å². The first-order valence-corrected chi connectivity index (χ1v) is 8.19. The average Bonchev–Trinajstić information content (AvgIpc) is 2.54. The van der Waals surface area contributed by atoms with E-state index in [2.05, 4.69) is 0 Å². The molecule has 0 amide bonds. The van der Waals surface area contributed by atoms with Crippen LogP contribution in [0.3, 0.4) is 0 Å². The lowest BCUT2D eigenvalue weighted by molar-refractivity contribution is -0.135. The van der Waals surface area contributed by atoms with Crippen LogP contribution in [0.15, 0.2) is 34.6 Å². The Kier molecular flexibility index (Phi) is 10.3. The molecular formula is C17H23ClO8. The van der Waals surface area contributed by atoms with Crippen LogP contribution < -0.4 is 0 Å². The van der Waals surface area contributed by atoms with Crippen LogP contribution in [-0.2, 0) is 23.9 Å². The minimum absolute atomic E-state index is 0.0372. The van der Waals surface area contributed by atoms with Crippen LogP contribution in [0.2, 0.25) is 0 Å². The van der Waals surface area contributed by atoms with Gasteiger partial charge < -0.3 is 24.8 Å². The highest BCUT2D eigenvalue weighted by Gasteiger charge is 2.20. The van der Waals surface area contributed by atoms with E-state index in [1.54, 1.807) is 0 Å². The smallest absolute Gasteiger partial charge is 0.335 e. The quantitative estimate of drug-likeness (QED) is 0.161. The number of allylic oxidation sites excluding steroid dienone is 2. The molecule has 3 N–H and O–H groups in total. The molecule has 0 bridgehead atoms. The molecule has 0 radical (unpaired) electrons. The second-order valence-corrected chi connectivity index (χ2v) is 5.77. The van der Waals surface area contributed by atoms with Gasteiger partial charge >= 0.3 is 17.9 Å². The van der Waals surface area contributed by atoms with Crippen LogP contribution in [-0.4, -0.2) is 52.0 Å². The van der Waals surface area contributed by atoms with Crippen molar-refractivity contribution in [2.24, 2.45) is 5.92 Å². The number of carboxylic acids is 3. The maximum Gasteiger partial charge on any atom is 0.335 e. The van der Waals surface area contributed by atoms with Crippen molar-refractivity contribution in [3.8, 4) is 0 Å². The topological polar surface area (TPSA) is 130 Å². The summed E-state index contributed by atoms with van der Waals surface area (Å²) in [4.78, 5) is 33.7. The molecule has 26 heavy (non-hydrogen) atoms. The number of alkyl halides is 1. The van der Waals surface area contributed by atoms with Crippen LogP contribution in [0.5, 0.6) is 0 Å². The summed E-state index contributed by atoms with van der Waals surface area (Å²) in [6.45, 7) is 5.73. The fourth-order valence-corrected chi connectivity index (χ4v) is 1.91. The van der Waals surface area contributed by atoms with Gasteiger partial charge in [-0.15, -0.1) is 11.6 Å². The molecule has 0 aromatic carbocycles. The van der Waals surface area contributed by atoms with Crippen molar-refractivity contribution in [1.29, 1.82) is 0 Å². The van der Waals surface area contributed by atoms with Crippen LogP contribution in [0.4, 0.5) is 0 Å². The lowest BCUT2D eigenvalue weighted by Gasteiger charge is -2.18. The standard InChI is InChI=1S/C17H23ClO8/c1-9(7-10(2)15(19)20)13(17(23)24)8-14(11(3)16(21)22)26-12(4)25-6-5-18/h7-9,12H,5-6H2,1-4H3,(H,19,20)(H,21,22)(H,23,24). The van der Waals surface area contributed by atoms with E-state index >= 15 is 0 Å². The van der Waals surface area contributed by atoms with Gasteiger partial charge in [0.2, 0.25) is 0 Å². The molecule has 0 aliphatic carbocycles. The van der Waals surface area contributed by atoms with Crippen molar-refractivity contribution in [3.63, 3.8) is 0 Å². The summed E-state index contributed by atoms with van der Waals surface area (Å²) in [5.41, 5.74) is -0.494. The Hall–Kier alpha value is -2.32. The van der Waals surface area contributed by atoms with Gasteiger partial charge in [0.1, 0.15) is 5.76 Å². The zero-order valence-electron chi connectivity index (χ0n) is 15.0. The second-order valence-electron chi connectivity index (χ2n) is 5.39. The molecule has 9 heteroatoms. The molecule has 2 unspecified atom stereocenters. The highest BCUT2D eigenvalue weighted by molar-refractivity contribution is 6.17. The van der Waals surface area contributed by atoms with Gasteiger partial charge in [0.15, 0.2) is 6.29 Å². The van der Waals surface area contributed by atoms with Gasteiger partial charge in [0, 0.05) is 22.9 Å². The minimum atomic E-state index is -1.33. The number of carbonyl (C=O) groups is 3. The summed E-state index contributed by atoms with van der Waals surface area (Å²) in [6, 6.07) is 0. The number of aliphatic carboxylic acids is 3. The summed E-state index contributed by atoms with van der Waals surface area (Å²) in [5.74, 6) is -4.61. The first-order chi connectivity index (χ1) is 12.0. The number of carboxylic acid groups (broad SMARTS) is 3. The SMILES string of the molecule is CC(=CC(C)C(=CC(OC(C)OCCCl)=C(C)C(=O)O)C(=O)O)C(=O)O. The van der Waals surface area contributed by atoms with E-state index in [9.17, 15) is 24.6 Å². The monoisotopic (exact) mass is 390 g/mol. The number of hydrogen-bond acceptors (Lipinski definition) is 5. The molecule has 0 aromatic rings. The predicted molar refractivity (Wildman–Crippen MR) is 93.8 cm³/mol. The van der Waals surface area contributed by atoms with Gasteiger partial charge in [-0.05, 0) is 26.8 Å². The fraction of sp³-hybridized carbons (Fsp3) is 0.471. The van der Waals surface area contributed by atoms with Gasteiger partial charge in [-0.2, -0.15) is 0 Å². The lowest BCUT2D eigenvalue weighted by Crippen LogP contribution is -2.17. The summed E-state index contributed by atoms with van der Waals surface area (Å²) < 4.78 is 10.6. The molecule has 0 saturated carbocycles. The predicted octanol–water partition coefficient (Wildman–Crippen LogP) is 2.64. The lowest BCUT2D eigenvalue weighted by atomic mass is 9.97. The Balaban J connectivity index is 5.92. The molecule has 0 spiro atoms. The van der Waals surface area contributed by atoms with E-state index in [0.717, 1.165) is 6.08 Å². The first-order valence-electron chi connectivity index (χ1n) is 7.66. The zero-order chi connectivity index (χ0) is 20.4. The Morgan fingerprint density at radius 2 is 1.62 bits per heavy atom. The van der Waals surface area contributed by atoms with Crippen LogP contribution in [0.25, 0.3) is 0 Å². The Labute approximate surface area is 156 Å². The van der Waals surface area contributed by atoms with Gasteiger partial charge in [0.25, 0.3) is 0 Å². The maximum atomic E-state index is 11.6. The minimum Gasteiger partial charge on any atom is -0.478 e. The second kappa shape index (κ2) is 11.3. The molecule has 146 valence electrons. The molecule has 0 aliphatic rings. The number of hydrogen-bond donors (Lipinski definition) is 3. The first kappa shape index (κ1) is 23.7. The Bertz CT molecular complexity index is 633. The van der Waals surface area contributed by atoms with Crippen molar-refractivity contribution < 1.29 is 39.2 Å². The highest BCUT2D eigenvalue weighted by atomic mass is 35.5. The summed E-state index contributed by atoms with van der Waals surface area (Å²) in [5, 5.41) is 27.5. The molecule has 0 rings (SSSR count). The third-order valence-corrected chi connectivity index (χ3v) is 3.43. The molecule has 0 heterocycles. The van der Waals surface area contributed by atoms with E-state index in [4.69, 9.17) is 26.2 Å². The number of halogens is 1. The van der Waals surface area contributed by atoms with Crippen molar-refractivity contribution in [1.82, 2.24) is 0 Å². The molecule has 0 fully saturated rings. The van der Waals surface area contributed by atoms with Gasteiger partial charge in [-0.1, -0.05) is 13.0 Å². The van der Waals surface area contributed by atoms with Crippen molar-refractivity contribution in [2.45, 2.75) is 34.0 Å². The van der Waals surface area contributed by atoms with E-state index < -0.39 is 30.1 Å². The fourth-order valence-electron chi connectivity index (χ4n) is 1.82. The van der Waals surface area contributed by atoms with Crippen LogP contribution in [0.1, 0.15) is 27.7 Å². The molecule has 2 atom stereocenters. The summed E-state index contributed by atoms with van der Waals surface area (Å²) >= 11 is 5.51. The Morgan fingerprint density at radius 3 is 2.04 bits per heavy atom.